The van der Waals surface area contributed by atoms with Crippen LogP contribution >= 0.6 is 23.2 Å². The topological polar surface area (TPSA) is 109 Å². The van der Waals surface area contributed by atoms with Gasteiger partial charge in [-0.3, -0.25) is 9.69 Å². The van der Waals surface area contributed by atoms with E-state index in [0.29, 0.717) is 61.1 Å². The summed E-state index contributed by atoms with van der Waals surface area (Å²) in [5.41, 5.74) is 1.96. The molecule has 42 heavy (non-hydrogen) atoms. The quantitative estimate of drug-likeness (QED) is 0.413. The third-order valence-corrected chi connectivity index (χ3v) is 7.98. The Morgan fingerprint density at radius 2 is 1.67 bits per heavy atom. The summed E-state index contributed by atoms with van der Waals surface area (Å²) >= 11 is 12.9. The molecule has 0 bridgehead atoms. The van der Waals surface area contributed by atoms with E-state index in [1.807, 2.05) is 4.90 Å². The summed E-state index contributed by atoms with van der Waals surface area (Å²) in [6, 6.07) is 10.7. The molecular formula is C29H24Cl2FN3O7. The van der Waals surface area contributed by atoms with Gasteiger partial charge in [0.25, 0.3) is 5.91 Å². The van der Waals surface area contributed by atoms with Gasteiger partial charge >= 0.3 is 12.1 Å². The third kappa shape index (κ3) is 5.08. The second kappa shape index (κ2) is 11.3. The summed E-state index contributed by atoms with van der Waals surface area (Å²) < 4.78 is 31.8. The standard InChI is InChI=1S/C29H24Cl2FN3O7/c30-21-10-17(35-6-9-41-29(35)39)11-22(31)25(21)27(36)34-14-16-2-1-3-18(26(16)42-15-34)19-13-24(33-4-7-40-8-5-33)20(28(37)38)12-23(19)32/h1-3,10-13H,4-9,14-15H2,(H,37,38). The molecule has 0 saturated carbocycles. The van der Waals surface area contributed by atoms with Crippen LogP contribution in [0, 0.1) is 5.82 Å². The monoisotopic (exact) mass is 615 g/mol. The molecule has 2 saturated heterocycles. The Hall–Kier alpha value is -4.06. The van der Waals surface area contributed by atoms with E-state index in [2.05, 4.69) is 0 Å². The van der Waals surface area contributed by atoms with Crippen molar-refractivity contribution in [2.45, 2.75) is 6.54 Å². The molecule has 0 atom stereocenters. The molecule has 13 heteroatoms. The first kappa shape index (κ1) is 28.1. The molecule has 3 aliphatic rings. The summed E-state index contributed by atoms with van der Waals surface area (Å²) in [7, 11) is 0. The molecule has 1 N–H and O–H groups in total. The van der Waals surface area contributed by atoms with Crippen molar-refractivity contribution in [2.24, 2.45) is 0 Å². The van der Waals surface area contributed by atoms with Crippen molar-refractivity contribution in [2.75, 3.05) is 56.0 Å². The first-order valence-electron chi connectivity index (χ1n) is 13.1. The van der Waals surface area contributed by atoms with Crippen LogP contribution in [-0.4, -0.2) is 74.2 Å². The summed E-state index contributed by atoms with van der Waals surface area (Å²) in [5.74, 6) is -2.03. The lowest BCUT2D eigenvalue weighted by Crippen LogP contribution is -2.38. The van der Waals surface area contributed by atoms with E-state index in [0.717, 1.165) is 6.07 Å². The smallest absolute Gasteiger partial charge is 0.414 e. The number of rotatable bonds is 5. The Labute approximate surface area is 249 Å². The average molecular weight is 616 g/mol. The number of morpholine rings is 1. The van der Waals surface area contributed by atoms with Crippen molar-refractivity contribution < 1.29 is 38.1 Å². The Balaban J connectivity index is 1.30. The lowest BCUT2D eigenvalue weighted by molar-refractivity contribution is 0.0516. The van der Waals surface area contributed by atoms with Crippen molar-refractivity contribution >= 4 is 52.5 Å². The molecule has 6 rings (SSSR count). The maximum absolute atomic E-state index is 15.4. The van der Waals surface area contributed by atoms with E-state index in [4.69, 9.17) is 37.4 Å². The fourth-order valence-corrected chi connectivity index (χ4v) is 5.96. The number of amides is 2. The summed E-state index contributed by atoms with van der Waals surface area (Å²) in [6.45, 7) is 2.35. The minimum Gasteiger partial charge on any atom is -0.478 e. The van der Waals surface area contributed by atoms with Crippen LogP contribution in [0.4, 0.5) is 20.6 Å². The molecule has 0 spiro atoms. The molecule has 10 nitrogen and oxygen atoms in total. The van der Waals surface area contributed by atoms with Gasteiger partial charge in [-0.25, -0.2) is 14.0 Å². The zero-order chi connectivity index (χ0) is 29.5. The fraction of sp³-hybridized carbons (Fsp3) is 0.276. The number of carboxylic acids is 1. The van der Waals surface area contributed by atoms with Crippen LogP contribution in [0.3, 0.4) is 0 Å². The predicted octanol–water partition coefficient (Wildman–Crippen LogP) is 5.28. The lowest BCUT2D eigenvalue weighted by Gasteiger charge is -2.32. The summed E-state index contributed by atoms with van der Waals surface area (Å²) in [4.78, 5) is 42.0. The molecule has 2 amide bonds. The number of hydrogen-bond donors (Lipinski definition) is 1. The number of fused-ring (bicyclic) bond motifs is 1. The number of nitrogens with zero attached hydrogens (tertiary/aromatic N) is 3. The minimum absolute atomic E-state index is 0.0586. The second-order valence-corrected chi connectivity index (χ2v) is 10.7. The zero-order valence-corrected chi connectivity index (χ0v) is 23.6. The largest absolute Gasteiger partial charge is 0.478 e. The van der Waals surface area contributed by atoms with Crippen molar-refractivity contribution in [3.63, 3.8) is 0 Å². The number of ether oxygens (including phenoxy) is 3. The molecule has 3 aromatic carbocycles. The van der Waals surface area contributed by atoms with Gasteiger partial charge < -0.3 is 29.1 Å². The Morgan fingerprint density at radius 3 is 2.33 bits per heavy atom. The van der Waals surface area contributed by atoms with E-state index in [1.165, 1.54) is 28.0 Å². The number of cyclic esters (lactones) is 1. The number of carbonyl (C=O) groups excluding carboxylic acids is 2. The van der Waals surface area contributed by atoms with Gasteiger partial charge in [0.1, 0.15) is 18.2 Å². The SMILES string of the molecule is O=C(O)c1cc(F)c(-c2cccc3c2OCN(C(=O)c2c(Cl)cc(N4CCOC4=O)cc2Cl)C3)cc1N1CCOCC1. The van der Waals surface area contributed by atoms with Crippen molar-refractivity contribution in [1.82, 2.24) is 4.90 Å². The molecule has 0 aromatic heterocycles. The number of carbonyl (C=O) groups is 3. The molecule has 218 valence electrons. The maximum atomic E-state index is 15.4. The highest BCUT2D eigenvalue weighted by atomic mass is 35.5. The Kier molecular flexibility index (Phi) is 7.56. The van der Waals surface area contributed by atoms with Gasteiger partial charge in [0.15, 0.2) is 6.73 Å². The van der Waals surface area contributed by atoms with Crippen LogP contribution in [0.5, 0.6) is 5.75 Å². The Bertz CT molecular complexity index is 1590. The molecule has 0 aliphatic carbocycles. The average Bonchev–Trinajstić information content (AvgIpc) is 3.42. The summed E-state index contributed by atoms with van der Waals surface area (Å²) in [6.07, 6.45) is -0.524. The molecule has 2 fully saturated rings. The van der Waals surface area contributed by atoms with Crippen LogP contribution in [0.2, 0.25) is 10.0 Å². The number of benzene rings is 3. The van der Waals surface area contributed by atoms with Crippen LogP contribution < -0.4 is 14.5 Å². The van der Waals surface area contributed by atoms with E-state index in [9.17, 15) is 19.5 Å². The van der Waals surface area contributed by atoms with Crippen LogP contribution in [0.15, 0.2) is 42.5 Å². The van der Waals surface area contributed by atoms with E-state index >= 15 is 4.39 Å². The van der Waals surface area contributed by atoms with Gasteiger partial charge in [0.05, 0.1) is 58.9 Å². The van der Waals surface area contributed by atoms with Gasteiger partial charge in [-0.05, 0) is 24.3 Å². The highest BCUT2D eigenvalue weighted by Gasteiger charge is 2.31. The van der Waals surface area contributed by atoms with Crippen molar-refractivity contribution in [3.05, 3.63) is 75.0 Å². The molecular weight excluding hydrogens is 592 g/mol. The molecule has 3 aromatic rings. The Morgan fingerprint density at radius 1 is 0.929 bits per heavy atom. The normalized spacial score (nSPS) is 16.6. The van der Waals surface area contributed by atoms with Gasteiger partial charge in [-0.2, -0.15) is 0 Å². The number of halogens is 3. The molecule has 0 radical (unpaired) electrons. The molecule has 0 unspecified atom stereocenters. The van der Waals surface area contributed by atoms with Gasteiger partial charge in [0.2, 0.25) is 0 Å². The van der Waals surface area contributed by atoms with Gasteiger partial charge in [0, 0.05) is 29.8 Å². The van der Waals surface area contributed by atoms with E-state index in [-0.39, 0.29) is 46.6 Å². The highest BCUT2D eigenvalue weighted by Crippen LogP contribution is 2.41. The number of anilines is 2. The second-order valence-electron chi connectivity index (χ2n) is 9.87. The number of hydrogen-bond acceptors (Lipinski definition) is 7. The van der Waals surface area contributed by atoms with E-state index in [1.54, 1.807) is 18.2 Å². The van der Waals surface area contributed by atoms with Gasteiger partial charge in [-0.15, -0.1) is 0 Å². The van der Waals surface area contributed by atoms with Crippen LogP contribution in [0.1, 0.15) is 26.3 Å². The zero-order valence-electron chi connectivity index (χ0n) is 22.1. The van der Waals surface area contributed by atoms with Gasteiger partial charge in [-0.1, -0.05) is 41.4 Å². The fourth-order valence-electron chi connectivity index (χ4n) is 5.33. The molecule has 3 heterocycles. The number of aromatic carboxylic acids is 1. The lowest BCUT2D eigenvalue weighted by atomic mass is 9.97. The number of para-hydroxylation sites is 1. The summed E-state index contributed by atoms with van der Waals surface area (Å²) in [5, 5.41) is 9.88. The van der Waals surface area contributed by atoms with Crippen LogP contribution in [-0.2, 0) is 16.0 Å². The minimum atomic E-state index is -1.23. The van der Waals surface area contributed by atoms with Crippen molar-refractivity contribution in [1.29, 1.82) is 0 Å². The first-order chi connectivity index (χ1) is 20.2. The first-order valence-corrected chi connectivity index (χ1v) is 13.9. The van der Waals surface area contributed by atoms with E-state index < -0.39 is 23.8 Å². The predicted molar refractivity (Wildman–Crippen MR) is 152 cm³/mol. The third-order valence-electron chi connectivity index (χ3n) is 7.38. The molecule has 3 aliphatic heterocycles. The highest BCUT2D eigenvalue weighted by molar-refractivity contribution is 6.40. The van der Waals surface area contributed by atoms with Crippen LogP contribution in [0.25, 0.3) is 11.1 Å². The van der Waals surface area contributed by atoms with Crippen molar-refractivity contribution in [3.8, 4) is 16.9 Å². The maximum Gasteiger partial charge on any atom is 0.414 e. The number of carboxylic acid groups (broad SMARTS) is 1.